The minimum absolute atomic E-state index is 0.0417. The van der Waals surface area contributed by atoms with Gasteiger partial charge >= 0.3 is 0 Å². The predicted molar refractivity (Wildman–Crippen MR) is 97.3 cm³/mol. The summed E-state index contributed by atoms with van der Waals surface area (Å²) in [6, 6.07) is 17.4. The van der Waals surface area contributed by atoms with Crippen molar-refractivity contribution in [2.75, 3.05) is 4.31 Å². The Hall–Kier alpha value is -2.73. The van der Waals surface area contributed by atoms with Gasteiger partial charge in [-0.15, -0.1) is 0 Å². The lowest BCUT2D eigenvalue weighted by atomic mass is 10.2. The van der Waals surface area contributed by atoms with Crippen molar-refractivity contribution in [3.05, 3.63) is 95.6 Å². The molecule has 3 rings (SSSR count). The maximum Gasteiger partial charge on any atom is 0.264 e. The van der Waals surface area contributed by atoms with Crippen molar-refractivity contribution in [2.45, 2.75) is 18.4 Å². The second kappa shape index (κ2) is 7.25. The summed E-state index contributed by atoms with van der Waals surface area (Å²) in [6.07, 6.45) is 0. The van der Waals surface area contributed by atoms with Crippen molar-refractivity contribution in [1.29, 1.82) is 0 Å². The molecule has 0 aliphatic carbocycles. The fourth-order valence-electron chi connectivity index (χ4n) is 2.54. The predicted octanol–water partition coefficient (Wildman–Crippen LogP) is 4.67. The Labute approximate surface area is 151 Å². The van der Waals surface area contributed by atoms with Crippen molar-refractivity contribution in [3.63, 3.8) is 0 Å². The van der Waals surface area contributed by atoms with E-state index in [9.17, 15) is 17.2 Å². The molecule has 0 radical (unpaired) electrons. The largest absolute Gasteiger partial charge is 0.264 e. The first kappa shape index (κ1) is 18.1. The number of hydrogen-bond donors (Lipinski definition) is 0. The topological polar surface area (TPSA) is 37.4 Å². The lowest BCUT2D eigenvalue weighted by Gasteiger charge is -2.25. The van der Waals surface area contributed by atoms with Crippen LogP contribution in [-0.4, -0.2) is 8.42 Å². The zero-order valence-corrected chi connectivity index (χ0v) is 14.9. The molecule has 0 bridgehead atoms. The van der Waals surface area contributed by atoms with E-state index in [0.29, 0.717) is 5.56 Å². The highest BCUT2D eigenvalue weighted by Gasteiger charge is 2.25. The van der Waals surface area contributed by atoms with E-state index in [2.05, 4.69) is 0 Å². The van der Waals surface area contributed by atoms with Gasteiger partial charge < -0.3 is 0 Å². The van der Waals surface area contributed by atoms with Crippen molar-refractivity contribution in [1.82, 2.24) is 0 Å². The number of anilines is 1. The van der Waals surface area contributed by atoms with Gasteiger partial charge in [0.15, 0.2) is 0 Å². The van der Waals surface area contributed by atoms with E-state index in [-0.39, 0.29) is 17.1 Å². The molecule has 0 N–H and O–H groups in total. The van der Waals surface area contributed by atoms with Gasteiger partial charge in [0.25, 0.3) is 10.0 Å². The number of nitrogens with zero attached hydrogens (tertiary/aromatic N) is 1. The van der Waals surface area contributed by atoms with Gasteiger partial charge in [-0.1, -0.05) is 35.9 Å². The summed E-state index contributed by atoms with van der Waals surface area (Å²) in [7, 11) is -3.92. The van der Waals surface area contributed by atoms with Gasteiger partial charge in [0.2, 0.25) is 0 Å². The molecule has 0 saturated carbocycles. The second-order valence-corrected chi connectivity index (χ2v) is 7.79. The average molecular weight is 373 g/mol. The Morgan fingerprint density at radius 2 is 1.50 bits per heavy atom. The van der Waals surface area contributed by atoms with Crippen LogP contribution >= 0.6 is 0 Å². The van der Waals surface area contributed by atoms with Gasteiger partial charge in [0, 0.05) is 0 Å². The van der Waals surface area contributed by atoms with Crippen LogP contribution in [0.3, 0.4) is 0 Å². The summed E-state index contributed by atoms with van der Waals surface area (Å²) in [5.74, 6) is -0.946. The van der Waals surface area contributed by atoms with Crippen molar-refractivity contribution in [3.8, 4) is 0 Å². The van der Waals surface area contributed by atoms with Crippen LogP contribution in [-0.2, 0) is 16.6 Å². The first-order chi connectivity index (χ1) is 12.4. The summed E-state index contributed by atoms with van der Waals surface area (Å²) in [4.78, 5) is 0.106. The number of sulfonamides is 1. The van der Waals surface area contributed by atoms with Crippen LogP contribution in [0.25, 0.3) is 0 Å². The number of rotatable bonds is 5. The number of halogens is 2. The molecule has 134 valence electrons. The summed E-state index contributed by atoms with van der Waals surface area (Å²) >= 11 is 0. The molecular formula is C20H17F2NO2S. The Balaban J connectivity index is 2.07. The minimum atomic E-state index is -3.92. The van der Waals surface area contributed by atoms with Gasteiger partial charge in [0.1, 0.15) is 11.6 Å². The number of aryl methyl sites for hydroxylation is 1. The standard InChI is InChI=1S/C20H17F2NO2S/c1-15-5-11-20(12-6-15)26(24,25)23(19-4-2-3-18(22)13-19)14-16-7-9-17(21)10-8-16/h2-13H,14H2,1H3. The first-order valence-corrected chi connectivity index (χ1v) is 9.40. The molecule has 6 heteroatoms. The smallest absolute Gasteiger partial charge is 0.262 e. The fourth-order valence-corrected chi connectivity index (χ4v) is 3.98. The number of hydrogen-bond acceptors (Lipinski definition) is 2. The van der Waals surface area contributed by atoms with Gasteiger partial charge in [-0.25, -0.2) is 17.2 Å². The van der Waals surface area contributed by atoms with Gasteiger partial charge in [0.05, 0.1) is 17.1 Å². The van der Waals surface area contributed by atoms with Gasteiger partial charge in [-0.3, -0.25) is 4.31 Å². The Bertz CT molecular complexity index is 1000. The normalized spacial score (nSPS) is 11.3. The fraction of sp³-hybridized carbons (Fsp3) is 0.100. The third kappa shape index (κ3) is 3.91. The van der Waals surface area contributed by atoms with E-state index >= 15 is 0 Å². The molecule has 0 amide bonds. The third-order valence-electron chi connectivity index (χ3n) is 3.94. The molecule has 3 aromatic carbocycles. The average Bonchev–Trinajstić information content (AvgIpc) is 2.61. The van der Waals surface area contributed by atoms with E-state index in [1.165, 1.54) is 54.6 Å². The van der Waals surface area contributed by atoms with E-state index in [1.807, 2.05) is 6.92 Å². The summed E-state index contributed by atoms with van der Waals surface area (Å²) in [5.41, 5.74) is 1.72. The molecule has 0 spiro atoms. The van der Waals surface area contributed by atoms with Crippen LogP contribution in [0.15, 0.2) is 77.7 Å². The number of benzene rings is 3. The summed E-state index contributed by atoms with van der Waals surface area (Å²) < 4.78 is 54.3. The minimum Gasteiger partial charge on any atom is -0.262 e. The molecule has 0 atom stereocenters. The molecule has 0 aliphatic heterocycles. The summed E-state index contributed by atoms with van der Waals surface area (Å²) in [6.45, 7) is 1.82. The van der Waals surface area contributed by atoms with Crippen molar-refractivity contribution in [2.24, 2.45) is 0 Å². The zero-order chi connectivity index (χ0) is 18.7. The maximum atomic E-state index is 13.7. The zero-order valence-electron chi connectivity index (χ0n) is 14.1. The van der Waals surface area contributed by atoms with Crippen LogP contribution < -0.4 is 4.31 Å². The summed E-state index contributed by atoms with van der Waals surface area (Å²) in [5, 5.41) is 0. The van der Waals surface area contributed by atoms with Crippen LogP contribution in [0.2, 0.25) is 0 Å². The lowest BCUT2D eigenvalue weighted by molar-refractivity contribution is 0.589. The Kier molecular flexibility index (Phi) is 5.04. The van der Waals surface area contributed by atoms with Gasteiger partial charge in [-0.05, 0) is 55.0 Å². The van der Waals surface area contributed by atoms with Crippen LogP contribution in [0, 0.1) is 18.6 Å². The molecule has 0 unspecified atom stereocenters. The van der Waals surface area contributed by atoms with E-state index < -0.39 is 21.7 Å². The lowest BCUT2D eigenvalue weighted by Crippen LogP contribution is -2.30. The van der Waals surface area contributed by atoms with E-state index in [1.54, 1.807) is 12.1 Å². The van der Waals surface area contributed by atoms with Crippen molar-refractivity contribution >= 4 is 15.7 Å². The van der Waals surface area contributed by atoms with Crippen molar-refractivity contribution < 1.29 is 17.2 Å². The highest BCUT2D eigenvalue weighted by molar-refractivity contribution is 7.92. The second-order valence-electron chi connectivity index (χ2n) is 5.93. The Morgan fingerprint density at radius 1 is 0.846 bits per heavy atom. The van der Waals surface area contributed by atoms with Crippen LogP contribution in [0.5, 0.6) is 0 Å². The Morgan fingerprint density at radius 3 is 2.12 bits per heavy atom. The molecule has 0 saturated heterocycles. The molecule has 0 fully saturated rings. The third-order valence-corrected chi connectivity index (χ3v) is 5.73. The molecule has 0 heterocycles. The molecular weight excluding hydrogens is 356 g/mol. The molecule has 0 aliphatic rings. The molecule has 26 heavy (non-hydrogen) atoms. The van der Waals surface area contributed by atoms with Crippen LogP contribution in [0.1, 0.15) is 11.1 Å². The molecule has 3 nitrogen and oxygen atoms in total. The highest BCUT2D eigenvalue weighted by atomic mass is 32.2. The van der Waals surface area contributed by atoms with E-state index in [4.69, 9.17) is 0 Å². The molecule has 3 aromatic rings. The highest BCUT2D eigenvalue weighted by Crippen LogP contribution is 2.27. The van der Waals surface area contributed by atoms with Gasteiger partial charge in [-0.2, -0.15) is 0 Å². The quantitative estimate of drug-likeness (QED) is 0.652. The van der Waals surface area contributed by atoms with E-state index in [0.717, 1.165) is 15.9 Å². The van der Waals surface area contributed by atoms with Crippen LogP contribution in [0.4, 0.5) is 14.5 Å². The SMILES string of the molecule is Cc1ccc(S(=O)(=O)N(Cc2ccc(F)cc2)c2cccc(F)c2)cc1. The monoisotopic (exact) mass is 373 g/mol. The first-order valence-electron chi connectivity index (χ1n) is 7.96. The molecule has 0 aromatic heterocycles. The maximum absolute atomic E-state index is 13.7.